The van der Waals surface area contributed by atoms with Crippen LogP contribution in [0.4, 0.5) is 10.1 Å². The van der Waals surface area contributed by atoms with Crippen LogP contribution in [0.3, 0.4) is 0 Å². The van der Waals surface area contributed by atoms with Crippen molar-refractivity contribution in [2.45, 2.75) is 19.4 Å². The highest BCUT2D eigenvalue weighted by Gasteiger charge is 2.22. The van der Waals surface area contributed by atoms with Crippen LogP contribution in [0, 0.1) is 5.82 Å². The van der Waals surface area contributed by atoms with E-state index in [0.29, 0.717) is 33.0 Å². The third-order valence-electron chi connectivity index (χ3n) is 4.77. The molecule has 168 valence electrons. The molecule has 1 heterocycles. The zero-order valence-corrected chi connectivity index (χ0v) is 19.7. The molecule has 0 aliphatic heterocycles. The Bertz CT molecular complexity index is 1280. The van der Waals surface area contributed by atoms with Gasteiger partial charge < -0.3 is 14.6 Å². The van der Waals surface area contributed by atoms with Gasteiger partial charge in [0.2, 0.25) is 5.82 Å². The third-order valence-corrected chi connectivity index (χ3v) is 5.52. The SMILES string of the molecule is CCC(Oc1ccc(Br)cc1F)C(=O)Nc1ccccc1-c1nc(-c2ccc(Cl)cc2)no1. The van der Waals surface area contributed by atoms with Crippen molar-refractivity contribution >= 4 is 39.1 Å². The Hall–Kier alpha value is -3.23. The zero-order chi connectivity index (χ0) is 23.4. The van der Waals surface area contributed by atoms with E-state index in [1.165, 1.54) is 12.1 Å². The van der Waals surface area contributed by atoms with Gasteiger partial charge in [0.1, 0.15) is 0 Å². The number of amides is 1. The number of hydrogen-bond donors (Lipinski definition) is 1. The zero-order valence-electron chi connectivity index (χ0n) is 17.4. The van der Waals surface area contributed by atoms with Crippen molar-refractivity contribution < 1.29 is 18.4 Å². The average Bonchev–Trinajstić information content (AvgIpc) is 3.29. The fraction of sp³-hybridized carbons (Fsp3) is 0.125. The van der Waals surface area contributed by atoms with Crippen LogP contribution in [0.15, 0.2) is 75.7 Å². The molecule has 1 unspecified atom stereocenters. The van der Waals surface area contributed by atoms with Gasteiger partial charge in [0.25, 0.3) is 11.8 Å². The van der Waals surface area contributed by atoms with E-state index in [1.54, 1.807) is 61.5 Å². The Morgan fingerprint density at radius 2 is 1.94 bits per heavy atom. The molecule has 0 spiro atoms. The fourth-order valence-corrected chi connectivity index (χ4v) is 3.55. The van der Waals surface area contributed by atoms with E-state index in [1.807, 2.05) is 0 Å². The Labute approximate surface area is 202 Å². The predicted octanol–water partition coefficient (Wildman–Crippen LogP) is 6.75. The normalized spacial score (nSPS) is 11.8. The molecule has 3 aromatic carbocycles. The minimum atomic E-state index is -0.902. The molecule has 0 saturated carbocycles. The van der Waals surface area contributed by atoms with Crippen molar-refractivity contribution in [1.82, 2.24) is 10.1 Å². The molecule has 33 heavy (non-hydrogen) atoms. The predicted molar refractivity (Wildman–Crippen MR) is 128 cm³/mol. The largest absolute Gasteiger partial charge is 0.478 e. The maximum atomic E-state index is 14.2. The fourth-order valence-electron chi connectivity index (χ4n) is 3.09. The summed E-state index contributed by atoms with van der Waals surface area (Å²) in [7, 11) is 0. The lowest BCUT2D eigenvalue weighted by Crippen LogP contribution is -2.32. The molecule has 4 rings (SSSR count). The van der Waals surface area contributed by atoms with Crippen LogP contribution in [0.2, 0.25) is 5.02 Å². The summed E-state index contributed by atoms with van der Waals surface area (Å²) in [5, 5.41) is 7.45. The molecule has 1 N–H and O–H groups in total. The number of para-hydroxylation sites is 1. The quantitative estimate of drug-likeness (QED) is 0.286. The molecule has 1 aromatic heterocycles. The van der Waals surface area contributed by atoms with Gasteiger partial charge in [0, 0.05) is 15.1 Å². The van der Waals surface area contributed by atoms with E-state index in [9.17, 15) is 9.18 Å². The number of carbonyl (C=O) groups excluding carboxylic acids is 1. The Balaban J connectivity index is 1.55. The second-order valence-electron chi connectivity index (χ2n) is 7.05. The van der Waals surface area contributed by atoms with Crippen LogP contribution >= 0.6 is 27.5 Å². The van der Waals surface area contributed by atoms with Crippen molar-refractivity contribution in [2.24, 2.45) is 0 Å². The van der Waals surface area contributed by atoms with Gasteiger partial charge >= 0.3 is 0 Å². The number of halogens is 3. The van der Waals surface area contributed by atoms with Crippen LogP contribution < -0.4 is 10.1 Å². The first-order chi connectivity index (χ1) is 15.9. The highest BCUT2D eigenvalue weighted by Crippen LogP contribution is 2.29. The number of anilines is 1. The van der Waals surface area contributed by atoms with Gasteiger partial charge in [-0.25, -0.2) is 4.39 Å². The van der Waals surface area contributed by atoms with Gasteiger partial charge in [-0.2, -0.15) is 4.98 Å². The summed E-state index contributed by atoms with van der Waals surface area (Å²) in [6.45, 7) is 1.78. The highest BCUT2D eigenvalue weighted by molar-refractivity contribution is 9.10. The monoisotopic (exact) mass is 529 g/mol. The van der Waals surface area contributed by atoms with E-state index in [4.69, 9.17) is 20.9 Å². The summed E-state index contributed by atoms with van der Waals surface area (Å²) in [5.74, 6) is -0.355. The van der Waals surface area contributed by atoms with Gasteiger partial charge in [-0.05, 0) is 61.0 Å². The molecule has 9 heteroatoms. The van der Waals surface area contributed by atoms with Crippen LogP contribution in [0.25, 0.3) is 22.8 Å². The molecular weight excluding hydrogens is 513 g/mol. The first-order valence-corrected chi connectivity index (χ1v) is 11.2. The summed E-state index contributed by atoms with van der Waals surface area (Å²) in [5.41, 5.74) is 1.75. The molecule has 0 aliphatic carbocycles. The maximum Gasteiger partial charge on any atom is 0.265 e. The van der Waals surface area contributed by atoms with Crippen molar-refractivity contribution in [3.8, 4) is 28.6 Å². The van der Waals surface area contributed by atoms with Crippen LogP contribution in [-0.4, -0.2) is 22.2 Å². The molecular formula is C24H18BrClFN3O3. The summed E-state index contributed by atoms with van der Waals surface area (Å²) in [6.07, 6.45) is -0.564. The van der Waals surface area contributed by atoms with Crippen LogP contribution in [0.5, 0.6) is 5.75 Å². The lowest BCUT2D eigenvalue weighted by Gasteiger charge is -2.18. The van der Waals surface area contributed by atoms with Gasteiger partial charge in [0.05, 0.1) is 11.3 Å². The first kappa shape index (κ1) is 22.9. The van der Waals surface area contributed by atoms with Gasteiger partial charge in [0.15, 0.2) is 17.7 Å². The van der Waals surface area contributed by atoms with Gasteiger partial charge in [-0.1, -0.05) is 51.7 Å². The van der Waals surface area contributed by atoms with E-state index in [0.717, 1.165) is 5.56 Å². The number of benzene rings is 3. The third kappa shape index (κ3) is 5.40. The standard InChI is InChI=1S/C24H18BrClFN3O3/c1-2-20(32-21-12-9-15(25)13-18(21)27)23(31)28-19-6-4-3-5-17(19)24-29-22(30-33-24)14-7-10-16(26)11-8-14/h3-13,20H,2H2,1H3,(H,28,31). The average molecular weight is 531 g/mol. The number of aromatic nitrogens is 2. The highest BCUT2D eigenvalue weighted by atomic mass is 79.9. The topological polar surface area (TPSA) is 77.2 Å². The Morgan fingerprint density at radius 1 is 1.18 bits per heavy atom. The number of nitrogens with one attached hydrogen (secondary N) is 1. The molecule has 0 aliphatic rings. The maximum absolute atomic E-state index is 14.2. The second kappa shape index (κ2) is 10.1. The summed E-state index contributed by atoms with van der Waals surface area (Å²) >= 11 is 9.14. The summed E-state index contributed by atoms with van der Waals surface area (Å²) in [4.78, 5) is 17.4. The number of ether oxygens (including phenoxy) is 1. The number of hydrogen-bond acceptors (Lipinski definition) is 5. The Kier molecular flexibility index (Phi) is 7.05. The Morgan fingerprint density at radius 3 is 2.67 bits per heavy atom. The van der Waals surface area contributed by atoms with E-state index < -0.39 is 17.8 Å². The smallest absolute Gasteiger partial charge is 0.265 e. The second-order valence-corrected chi connectivity index (χ2v) is 8.41. The van der Waals surface area contributed by atoms with E-state index in [-0.39, 0.29) is 11.6 Å². The number of carbonyl (C=O) groups is 1. The van der Waals surface area contributed by atoms with E-state index >= 15 is 0 Å². The van der Waals surface area contributed by atoms with Crippen molar-refractivity contribution in [3.05, 3.63) is 82.0 Å². The summed E-state index contributed by atoms with van der Waals surface area (Å²) < 4.78 is 25.8. The molecule has 6 nitrogen and oxygen atoms in total. The number of rotatable bonds is 7. The molecule has 0 radical (unpaired) electrons. The minimum Gasteiger partial charge on any atom is -0.478 e. The molecule has 1 amide bonds. The molecule has 0 saturated heterocycles. The summed E-state index contributed by atoms with van der Waals surface area (Å²) in [6, 6.07) is 18.5. The van der Waals surface area contributed by atoms with Crippen molar-refractivity contribution in [1.29, 1.82) is 0 Å². The van der Waals surface area contributed by atoms with Gasteiger partial charge in [-0.15, -0.1) is 0 Å². The molecule has 0 fully saturated rings. The lowest BCUT2D eigenvalue weighted by atomic mass is 10.1. The number of nitrogens with zero attached hydrogens (tertiary/aromatic N) is 2. The first-order valence-electron chi connectivity index (χ1n) is 10.1. The minimum absolute atomic E-state index is 0.00186. The van der Waals surface area contributed by atoms with Crippen molar-refractivity contribution in [3.63, 3.8) is 0 Å². The van der Waals surface area contributed by atoms with Crippen LogP contribution in [-0.2, 0) is 4.79 Å². The van der Waals surface area contributed by atoms with Crippen molar-refractivity contribution in [2.75, 3.05) is 5.32 Å². The molecule has 4 aromatic rings. The lowest BCUT2D eigenvalue weighted by molar-refractivity contribution is -0.122. The molecule has 1 atom stereocenters. The molecule has 0 bridgehead atoms. The van der Waals surface area contributed by atoms with E-state index in [2.05, 4.69) is 31.4 Å². The van der Waals surface area contributed by atoms with Crippen LogP contribution in [0.1, 0.15) is 13.3 Å². The van der Waals surface area contributed by atoms with Gasteiger partial charge in [-0.3, -0.25) is 4.79 Å².